The van der Waals surface area contributed by atoms with E-state index >= 15 is 0 Å². The summed E-state index contributed by atoms with van der Waals surface area (Å²) in [6.07, 6.45) is -1.71. The summed E-state index contributed by atoms with van der Waals surface area (Å²) in [5.41, 5.74) is 6.43. The summed E-state index contributed by atoms with van der Waals surface area (Å²) in [6, 6.07) is 3.71. The predicted octanol–water partition coefficient (Wildman–Crippen LogP) is 2.11. The number of nitrogens with two attached hydrogens (primary N) is 1. The molecule has 1 aromatic carbocycles. The lowest BCUT2D eigenvalue weighted by molar-refractivity contribution is -0.275. The van der Waals surface area contributed by atoms with E-state index in [-0.39, 0.29) is 0 Å². The Labute approximate surface area is 112 Å². The van der Waals surface area contributed by atoms with Gasteiger partial charge in [-0.2, -0.15) is 5.10 Å². The smallest absolute Gasteiger partial charge is 0.504 e. The number of phenols is 1. The Morgan fingerprint density at radius 3 is 2.70 bits per heavy atom. The third kappa shape index (κ3) is 3.41. The first-order valence-corrected chi connectivity index (χ1v) is 5.71. The fourth-order valence-corrected chi connectivity index (χ4v) is 1.67. The first-order chi connectivity index (χ1) is 9.39. The van der Waals surface area contributed by atoms with Gasteiger partial charge < -0.3 is 15.6 Å². The number of aromatic hydroxyl groups is 1. The molecule has 0 aliphatic heterocycles. The van der Waals surface area contributed by atoms with Crippen molar-refractivity contribution in [1.82, 2.24) is 9.78 Å². The summed E-state index contributed by atoms with van der Waals surface area (Å²) >= 11 is 0. The highest BCUT2D eigenvalue weighted by Gasteiger charge is 2.32. The van der Waals surface area contributed by atoms with Crippen molar-refractivity contribution in [1.29, 1.82) is 0 Å². The second-order valence-corrected chi connectivity index (χ2v) is 4.01. The molecule has 0 atom stereocenters. The maximum absolute atomic E-state index is 12.2. The molecule has 0 aliphatic rings. The van der Waals surface area contributed by atoms with Gasteiger partial charge in [0.05, 0.1) is 12.7 Å². The molecule has 5 nitrogen and oxygen atoms in total. The van der Waals surface area contributed by atoms with Gasteiger partial charge in [-0.1, -0.05) is 6.07 Å². The molecule has 20 heavy (non-hydrogen) atoms. The number of ether oxygens (including phenoxy) is 1. The summed E-state index contributed by atoms with van der Waals surface area (Å²) in [6.45, 7) is 0.906. The quantitative estimate of drug-likeness (QED) is 0.903. The molecule has 0 bridgehead atoms. The zero-order valence-electron chi connectivity index (χ0n) is 10.3. The summed E-state index contributed by atoms with van der Waals surface area (Å²) in [5.74, 6) is -1.23. The zero-order chi connectivity index (χ0) is 14.8. The third-order valence-electron chi connectivity index (χ3n) is 2.51. The Balaban J connectivity index is 2.30. The van der Waals surface area contributed by atoms with E-state index in [9.17, 15) is 18.3 Å². The SMILES string of the molecule is NCCn1cc(-c2ccc(O)c(OC(F)(F)F)c2)cn1. The van der Waals surface area contributed by atoms with Crippen LogP contribution in [0.3, 0.4) is 0 Å². The molecule has 3 N–H and O–H groups in total. The number of halogens is 3. The first-order valence-electron chi connectivity index (χ1n) is 5.71. The lowest BCUT2D eigenvalue weighted by Crippen LogP contribution is -2.17. The van der Waals surface area contributed by atoms with Crippen LogP contribution in [0.15, 0.2) is 30.6 Å². The lowest BCUT2D eigenvalue weighted by Gasteiger charge is -2.11. The molecule has 0 spiro atoms. The predicted molar refractivity (Wildman–Crippen MR) is 65.1 cm³/mol. The number of phenolic OH excluding ortho intramolecular Hbond substituents is 1. The van der Waals surface area contributed by atoms with E-state index in [1.165, 1.54) is 12.3 Å². The van der Waals surface area contributed by atoms with Crippen LogP contribution in [0, 0.1) is 0 Å². The van der Waals surface area contributed by atoms with Gasteiger partial charge in [0.1, 0.15) is 0 Å². The standard InChI is InChI=1S/C12H12F3N3O2/c13-12(14,15)20-11-5-8(1-2-10(11)19)9-6-17-18(7-9)4-3-16/h1-2,5-7,19H,3-4,16H2. The van der Waals surface area contributed by atoms with Crippen LogP contribution in [0.1, 0.15) is 0 Å². The van der Waals surface area contributed by atoms with E-state index in [1.807, 2.05) is 0 Å². The largest absolute Gasteiger partial charge is 0.573 e. The molecule has 2 rings (SSSR count). The number of nitrogens with zero attached hydrogens (tertiary/aromatic N) is 2. The van der Waals surface area contributed by atoms with Crippen LogP contribution in [0.25, 0.3) is 11.1 Å². The van der Waals surface area contributed by atoms with Crippen LogP contribution < -0.4 is 10.5 Å². The molecular weight excluding hydrogens is 275 g/mol. The van der Waals surface area contributed by atoms with Crippen LogP contribution >= 0.6 is 0 Å². The molecule has 1 heterocycles. The molecule has 0 saturated heterocycles. The molecular formula is C12H12F3N3O2. The maximum atomic E-state index is 12.2. The Bertz CT molecular complexity index is 596. The molecule has 1 aromatic heterocycles. The Kier molecular flexibility index (Phi) is 3.84. The van der Waals surface area contributed by atoms with Crippen molar-refractivity contribution in [3.63, 3.8) is 0 Å². The maximum Gasteiger partial charge on any atom is 0.573 e. The van der Waals surface area contributed by atoms with Crippen molar-refractivity contribution in [3.8, 4) is 22.6 Å². The Morgan fingerprint density at radius 1 is 1.30 bits per heavy atom. The monoisotopic (exact) mass is 287 g/mol. The molecule has 0 radical (unpaired) electrons. The molecule has 0 fully saturated rings. The van der Waals surface area contributed by atoms with Gasteiger partial charge in [0, 0.05) is 18.3 Å². The van der Waals surface area contributed by atoms with Gasteiger partial charge in [-0.05, 0) is 17.7 Å². The summed E-state index contributed by atoms with van der Waals surface area (Å²) < 4.78 is 41.9. The Hall–Kier alpha value is -2.22. The van der Waals surface area contributed by atoms with Gasteiger partial charge in [-0.3, -0.25) is 4.68 Å². The van der Waals surface area contributed by atoms with E-state index in [0.717, 1.165) is 12.1 Å². The van der Waals surface area contributed by atoms with Gasteiger partial charge in [-0.15, -0.1) is 13.2 Å². The number of hydrogen-bond donors (Lipinski definition) is 2. The van der Waals surface area contributed by atoms with E-state index in [1.54, 1.807) is 10.9 Å². The summed E-state index contributed by atoms with van der Waals surface area (Å²) in [4.78, 5) is 0. The number of rotatable bonds is 4. The highest BCUT2D eigenvalue weighted by Crippen LogP contribution is 2.35. The highest BCUT2D eigenvalue weighted by atomic mass is 19.4. The van der Waals surface area contributed by atoms with Crippen LogP contribution in [0.2, 0.25) is 0 Å². The number of benzene rings is 1. The van der Waals surface area contributed by atoms with Gasteiger partial charge in [0.25, 0.3) is 0 Å². The molecule has 0 unspecified atom stereocenters. The van der Waals surface area contributed by atoms with Crippen LogP contribution in [-0.2, 0) is 6.54 Å². The van der Waals surface area contributed by atoms with E-state index in [0.29, 0.717) is 24.2 Å². The average molecular weight is 287 g/mol. The van der Waals surface area contributed by atoms with Gasteiger partial charge in [0.2, 0.25) is 0 Å². The fourth-order valence-electron chi connectivity index (χ4n) is 1.67. The third-order valence-corrected chi connectivity index (χ3v) is 2.51. The molecule has 0 aliphatic carbocycles. The second-order valence-electron chi connectivity index (χ2n) is 4.01. The number of hydrogen-bond acceptors (Lipinski definition) is 4. The zero-order valence-corrected chi connectivity index (χ0v) is 10.3. The fraction of sp³-hybridized carbons (Fsp3) is 0.250. The minimum Gasteiger partial charge on any atom is -0.504 e. The van der Waals surface area contributed by atoms with Gasteiger partial charge in [0.15, 0.2) is 11.5 Å². The van der Waals surface area contributed by atoms with E-state index < -0.39 is 17.9 Å². The highest BCUT2D eigenvalue weighted by molar-refractivity contribution is 5.65. The normalized spacial score (nSPS) is 11.6. The van der Waals surface area contributed by atoms with Crippen molar-refractivity contribution in [2.24, 2.45) is 5.73 Å². The average Bonchev–Trinajstić information content (AvgIpc) is 2.79. The molecule has 0 saturated carbocycles. The minimum absolute atomic E-state index is 0.402. The summed E-state index contributed by atoms with van der Waals surface area (Å²) in [7, 11) is 0. The van der Waals surface area contributed by atoms with Gasteiger partial charge >= 0.3 is 6.36 Å². The second kappa shape index (κ2) is 5.41. The van der Waals surface area contributed by atoms with Crippen LogP contribution in [0.4, 0.5) is 13.2 Å². The first kappa shape index (κ1) is 14.2. The van der Waals surface area contributed by atoms with Crippen molar-refractivity contribution < 1.29 is 23.0 Å². The molecule has 108 valence electrons. The molecule has 0 amide bonds. The van der Waals surface area contributed by atoms with Crippen LogP contribution in [0.5, 0.6) is 11.5 Å². The van der Waals surface area contributed by atoms with E-state index in [2.05, 4.69) is 9.84 Å². The topological polar surface area (TPSA) is 73.3 Å². The van der Waals surface area contributed by atoms with Crippen molar-refractivity contribution >= 4 is 0 Å². The van der Waals surface area contributed by atoms with E-state index in [4.69, 9.17) is 5.73 Å². The minimum atomic E-state index is -4.86. The number of aromatic nitrogens is 2. The van der Waals surface area contributed by atoms with Crippen LogP contribution in [-0.4, -0.2) is 27.8 Å². The van der Waals surface area contributed by atoms with Crippen molar-refractivity contribution in [3.05, 3.63) is 30.6 Å². The lowest BCUT2D eigenvalue weighted by atomic mass is 10.1. The van der Waals surface area contributed by atoms with Crippen molar-refractivity contribution in [2.45, 2.75) is 12.9 Å². The molecule has 8 heteroatoms. The van der Waals surface area contributed by atoms with Crippen molar-refractivity contribution in [2.75, 3.05) is 6.54 Å². The summed E-state index contributed by atoms with van der Waals surface area (Å²) in [5, 5.41) is 13.4. The Morgan fingerprint density at radius 2 is 2.05 bits per heavy atom. The van der Waals surface area contributed by atoms with Gasteiger partial charge in [-0.25, -0.2) is 0 Å². The molecule has 2 aromatic rings. The number of alkyl halides is 3.